The Kier molecular flexibility index (Phi) is 6.93. The van der Waals surface area contributed by atoms with E-state index < -0.39 is 0 Å². The van der Waals surface area contributed by atoms with Crippen molar-refractivity contribution in [1.82, 2.24) is 9.88 Å². The molecule has 0 radical (unpaired) electrons. The SMILES string of the molecule is COc1ccc(Nc2nc(C(=O)N3CCN(c4cccc(Cl)c4Cl)CC3)cs2)c(OC)c1. The highest BCUT2D eigenvalue weighted by Crippen LogP contribution is 2.34. The van der Waals surface area contributed by atoms with Crippen LogP contribution in [0, 0.1) is 0 Å². The molecule has 3 aromatic rings. The van der Waals surface area contributed by atoms with E-state index in [-0.39, 0.29) is 5.91 Å². The molecular formula is C22H22Cl2N4O3S. The molecule has 2 heterocycles. The average molecular weight is 493 g/mol. The van der Waals surface area contributed by atoms with Gasteiger partial charge in [0, 0.05) is 37.6 Å². The number of amides is 1. The third-order valence-corrected chi connectivity index (χ3v) is 6.78. The van der Waals surface area contributed by atoms with Crippen molar-refractivity contribution in [2.24, 2.45) is 0 Å². The van der Waals surface area contributed by atoms with E-state index in [1.165, 1.54) is 11.3 Å². The predicted octanol–water partition coefficient (Wildman–Crippen LogP) is 5.17. The maximum atomic E-state index is 13.0. The summed E-state index contributed by atoms with van der Waals surface area (Å²) in [6.45, 7) is 2.50. The molecule has 0 unspecified atom stereocenters. The molecule has 1 N–H and O–H groups in total. The van der Waals surface area contributed by atoms with E-state index in [0.29, 0.717) is 58.5 Å². The summed E-state index contributed by atoms with van der Waals surface area (Å²) < 4.78 is 10.6. The third kappa shape index (κ3) is 4.72. The second-order valence-electron chi connectivity index (χ2n) is 7.08. The van der Waals surface area contributed by atoms with Crippen LogP contribution in [0.3, 0.4) is 0 Å². The van der Waals surface area contributed by atoms with Gasteiger partial charge in [0.15, 0.2) is 5.13 Å². The van der Waals surface area contributed by atoms with Gasteiger partial charge in [0.05, 0.1) is 35.6 Å². The summed E-state index contributed by atoms with van der Waals surface area (Å²) >= 11 is 13.8. The van der Waals surface area contributed by atoms with Gasteiger partial charge in [0.25, 0.3) is 5.91 Å². The highest BCUT2D eigenvalue weighted by Gasteiger charge is 2.25. The first kappa shape index (κ1) is 22.5. The number of rotatable bonds is 6. The minimum atomic E-state index is -0.0900. The molecule has 32 heavy (non-hydrogen) atoms. The number of piperazine rings is 1. The zero-order valence-corrected chi connectivity index (χ0v) is 19.9. The van der Waals surface area contributed by atoms with Crippen LogP contribution < -0.4 is 19.7 Å². The van der Waals surface area contributed by atoms with Crippen molar-refractivity contribution in [2.45, 2.75) is 0 Å². The fraction of sp³-hybridized carbons (Fsp3) is 0.273. The number of ether oxygens (including phenoxy) is 2. The van der Waals surface area contributed by atoms with Crippen LogP contribution in [0.5, 0.6) is 11.5 Å². The molecule has 1 aliphatic rings. The quantitative estimate of drug-likeness (QED) is 0.511. The molecule has 1 fully saturated rings. The molecule has 1 saturated heterocycles. The van der Waals surface area contributed by atoms with Gasteiger partial charge in [-0.3, -0.25) is 4.79 Å². The zero-order valence-electron chi connectivity index (χ0n) is 17.6. The van der Waals surface area contributed by atoms with E-state index in [2.05, 4.69) is 15.2 Å². The lowest BCUT2D eigenvalue weighted by molar-refractivity contribution is 0.0742. The van der Waals surface area contributed by atoms with E-state index in [9.17, 15) is 4.79 Å². The molecule has 0 spiro atoms. The Balaban J connectivity index is 1.40. The number of aromatic nitrogens is 1. The highest BCUT2D eigenvalue weighted by atomic mass is 35.5. The fourth-order valence-corrected chi connectivity index (χ4v) is 4.61. The second kappa shape index (κ2) is 9.85. The van der Waals surface area contributed by atoms with E-state index in [0.717, 1.165) is 11.4 Å². The summed E-state index contributed by atoms with van der Waals surface area (Å²) in [6, 6.07) is 11.0. The van der Waals surface area contributed by atoms with Gasteiger partial charge in [-0.05, 0) is 24.3 Å². The van der Waals surface area contributed by atoms with Crippen molar-refractivity contribution in [3.8, 4) is 11.5 Å². The van der Waals surface area contributed by atoms with Gasteiger partial charge in [0.2, 0.25) is 0 Å². The van der Waals surface area contributed by atoms with Crippen molar-refractivity contribution < 1.29 is 14.3 Å². The highest BCUT2D eigenvalue weighted by molar-refractivity contribution is 7.14. The van der Waals surface area contributed by atoms with Gasteiger partial charge >= 0.3 is 0 Å². The Hall–Kier alpha value is -2.68. The molecule has 10 heteroatoms. The maximum absolute atomic E-state index is 13.0. The van der Waals surface area contributed by atoms with Crippen LogP contribution in [0.25, 0.3) is 0 Å². The Morgan fingerprint density at radius 1 is 1.09 bits per heavy atom. The van der Waals surface area contributed by atoms with Crippen LogP contribution >= 0.6 is 34.5 Å². The van der Waals surface area contributed by atoms with Crippen LogP contribution in [0.15, 0.2) is 41.8 Å². The lowest BCUT2D eigenvalue weighted by Gasteiger charge is -2.36. The molecule has 1 amide bonds. The smallest absolute Gasteiger partial charge is 0.273 e. The van der Waals surface area contributed by atoms with Gasteiger partial charge in [-0.2, -0.15) is 0 Å². The molecule has 0 atom stereocenters. The summed E-state index contributed by atoms with van der Waals surface area (Å²) in [7, 11) is 3.19. The van der Waals surface area contributed by atoms with Crippen molar-refractivity contribution in [1.29, 1.82) is 0 Å². The number of halogens is 2. The first-order chi connectivity index (χ1) is 15.5. The molecule has 2 aromatic carbocycles. The van der Waals surface area contributed by atoms with Crippen LogP contribution in [0.1, 0.15) is 10.5 Å². The van der Waals surface area contributed by atoms with Crippen molar-refractivity contribution in [3.63, 3.8) is 0 Å². The van der Waals surface area contributed by atoms with Gasteiger partial charge in [-0.25, -0.2) is 4.98 Å². The second-order valence-corrected chi connectivity index (χ2v) is 8.72. The van der Waals surface area contributed by atoms with Crippen molar-refractivity contribution in [3.05, 3.63) is 57.5 Å². The average Bonchev–Trinajstić information content (AvgIpc) is 3.29. The number of methoxy groups -OCH3 is 2. The summed E-state index contributed by atoms with van der Waals surface area (Å²) in [5, 5.41) is 6.66. The van der Waals surface area contributed by atoms with E-state index in [4.69, 9.17) is 32.7 Å². The molecule has 0 saturated carbocycles. The first-order valence-electron chi connectivity index (χ1n) is 9.93. The number of nitrogens with one attached hydrogen (secondary N) is 1. The van der Waals surface area contributed by atoms with Gasteiger partial charge < -0.3 is 24.6 Å². The number of carbonyl (C=O) groups is 1. The number of hydrogen-bond donors (Lipinski definition) is 1. The predicted molar refractivity (Wildman–Crippen MR) is 130 cm³/mol. The molecule has 168 valence electrons. The molecule has 0 aliphatic carbocycles. The lowest BCUT2D eigenvalue weighted by atomic mass is 10.2. The van der Waals surface area contributed by atoms with Gasteiger partial charge in [-0.15, -0.1) is 11.3 Å². The van der Waals surface area contributed by atoms with Crippen LogP contribution in [-0.4, -0.2) is 56.2 Å². The largest absolute Gasteiger partial charge is 0.497 e. The number of thiazole rings is 1. The number of benzene rings is 2. The third-order valence-electron chi connectivity index (χ3n) is 5.21. The first-order valence-corrected chi connectivity index (χ1v) is 11.6. The Morgan fingerprint density at radius 2 is 1.88 bits per heavy atom. The number of hydrogen-bond acceptors (Lipinski definition) is 7. The molecular weight excluding hydrogens is 471 g/mol. The zero-order chi connectivity index (χ0) is 22.7. The molecule has 0 bridgehead atoms. The van der Waals surface area contributed by atoms with E-state index in [1.54, 1.807) is 31.7 Å². The van der Waals surface area contributed by atoms with E-state index >= 15 is 0 Å². The maximum Gasteiger partial charge on any atom is 0.273 e. The van der Waals surface area contributed by atoms with Crippen molar-refractivity contribution in [2.75, 3.05) is 50.6 Å². The Bertz CT molecular complexity index is 1120. The molecule has 7 nitrogen and oxygen atoms in total. The van der Waals surface area contributed by atoms with Crippen molar-refractivity contribution >= 4 is 57.0 Å². The fourth-order valence-electron chi connectivity index (χ4n) is 3.50. The normalized spacial score (nSPS) is 13.8. The topological polar surface area (TPSA) is 66.9 Å². The Morgan fingerprint density at radius 3 is 2.59 bits per heavy atom. The van der Waals surface area contributed by atoms with E-state index in [1.807, 2.05) is 29.2 Å². The molecule has 4 rings (SSSR count). The minimum absolute atomic E-state index is 0.0900. The van der Waals surface area contributed by atoms with Crippen LogP contribution in [-0.2, 0) is 0 Å². The van der Waals surface area contributed by atoms with Gasteiger partial charge in [-0.1, -0.05) is 29.3 Å². The number of nitrogens with zero attached hydrogens (tertiary/aromatic N) is 3. The summed E-state index contributed by atoms with van der Waals surface area (Å²) in [4.78, 5) is 21.4. The standard InChI is InChI=1S/C22H22Cl2N4O3S/c1-30-14-6-7-16(19(12-14)31-2)25-22-26-17(13-32-22)21(29)28-10-8-27(9-11-28)18-5-3-4-15(23)20(18)24/h3-7,12-13H,8-11H2,1-2H3,(H,25,26). The molecule has 1 aliphatic heterocycles. The lowest BCUT2D eigenvalue weighted by Crippen LogP contribution is -2.49. The van der Waals surface area contributed by atoms with Crippen LogP contribution in [0.4, 0.5) is 16.5 Å². The minimum Gasteiger partial charge on any atom is -0.497 e. The summed E-state index contributed by atoms with van der Waals surface area (Å²) in [6.07, 6.45) is 0. The molecule has 1 aromatic heterocycles. The summed E-state index contributed by atoms with van der Waals surface area (Å²) in [5.74, 6) is 1.23. The monoisotopic (exact) mass is 492 g/mol. The number of anilines is 3. The summed E-state index contributed by atoms with van der Waals surface area (Å²) in [5.41, 5.74) is 2.05. The number of carbonyl (C=O) groups excluding carboxylic acids is 1. The van der Waals surface area contributed by atoms with Crippen LogP contribution in [0.2, 0.25) is 10.0 Å². The Labute approximate surface area is 200 Å². The van der Waals surface area contributed by atoms with Gasteiger partial charge in [0.1, 0.15) is 17.2 Å².